The molecule has 0 saturated heterocycles. The summed E-state index contributed by atoms with van der Waals surface area (Å²) < 4.78 is 23.2. The van der Waals surface area contributed by atoms with Crippen LogP contribution >= 0.6 is 15.2 Å². The normalized spacial score (nSPS) is 16.4. The van der Waals surface area contributed by atoms with Crippen molar-refractivity contribution in [2.45, 2.75) is 36.9 Å². The third kappa shape index (κ3) is 7.38. The van der Waals surface area contributed by atoms with Gasteiger partial charge < -0.3 is 30.4 Å². The predicted octanol–water partition coefficient (Wildman–Crippen LogP) is 0.250. The van der Waals surface area contributed by atoms with Gasteiger partial charge in [0.05, 0.1) is 0 Å². The largest absolute Gasteiger partial charge is 0.480 e. The fraction of sp³-hybridized carbons (Fsp3) is 0.583. The van der Waals surface area contributed by atoms with E-state index in [1.807, 2.05) is 0 Å². The predicted molar refractivity (Wildman–Crippen MR) is 88.2 cm³/mol. The molecule has 0 saturated carbocycles. The van der Waals surface area contributed by atoms with Crippen molar-refractivity contribution in [1.82, 2.24) is 4.90 Å². The fourth-order valence-corrected chi connectivity index (χ4v) is 4.08. The number of nitrogens with zero attached hydrogens (tertiary/aromatic N) is 1. The smallest absolute Gasteiger partial charge is 0.346 e. The molecule has 0 aliphatic heterocycles. The van der Waals surface area contributed by atoms with Crippen molar-refractivity contribution in [3.05, 3.63) is 25.3 Å². The second kappa shape index (κ2) is 9.60. The first-order valence-electron chi connectivity index (χ1n) is 6.96. The molecule has 0 fully saturated rings. The van der Waals surface area contributed by atoms with Crippen molar-refractivity contribution in [2.75, 3.05) is 6.54 Å². The summed E-state index contributed by atoms with van der Waals surface area (Å²) in [6.45, 7) is 6.50. The Morgan fingerprint density at radius 3 is 1.75 bits per heavy atom. The zero-order valence-corrected chi connectivity index (χ0v) is 14.8. The number of unbranched alkanes of at least 4 members (excludes halogenated alkanes) is 1. The van der Waals surface area contributed by atoms with Crippen molar-refractivity contribution in [3.8, 4) is 0 Å². The van der Waals surface area contributed by atoms with Crippen LogP contribution in [0, 0.1) is 0 Å². The SMILES string of the molecule is C=CC(N(CCCC[C@H](N)C(=O)O)C(C=C)P(=O)(O)O)P(=O)(O)O. The highest BCUT2D eigenvalue weighted by Gasteiger charge is 2.41. The second-order valence-electron chi connectivity index (χ2n) is 5.16. The van der Waals surface area contributed by atoms with Crippen molar-refractivity contribution >= 4 is 21.2 Å². The molecule has 3 atom stereocenters. The Bertz CT molecular complexity index is 509. The first kappa shape index (κ1) is 23.2. The van der Waals surface area contributed by atoms with Crippen LogP contribution < -0.4 is 5.73 Å². The molecule has 140 valence electrons. The molecule has 12 heteroatoms. The molecule has 2 unspecified atom stereocenters. The topological polar surface area (TPSA) is 182 Å². The molecule has 0 aliphatic rings. The highest BCUT2D eigenvalue weighted by molar-refractivity contribution is 7.53. The van der Waals surface area contributed by atoms with E-state index >= 15 is 0 Å². The number of rotatable bonds is 12. The molecular formula is C12H24N2O8P2. The van der Waals surface area contributed by atoms with Gasteiger partial charge in [0.25, 0.3) is 0 Å². The summed E-state index contributed by atoms with van der Waals surface area (Å²) >= 11 is 0. The summed E-state index contributed by atoms with van der Waals surface area (Å²) in [6, 6.07) is -1.08. The van der Waals surface area contributed by atoms with Gasteiger partial charge in [-0.3, -0.25) is 18.8 Å². The molecule has 0 rings (SSSR count). The standard InChI is InChI=1S/C12H24N2O8P2/c1-3-10(23(17,18)19)14(11(4-2)24(20,21)22)8-6-5-7-9(13)12(15)16/h3-4,9-11H,1-2,5-8,13H2,(H,15,16)(H2,17,18,19)(H2,20,21,22)/t9-,10?,11?/m0/s1. The molecule has 10 nitrogen and oxygen atoms in total. The van der Waals surface area contributed by atoms with E-state index in [1.54, 1.807) is 0 Å². The van der Waals surface area contributed by atoms with Gasteiger partial charge in [0.2, 0.25) is 0 Å². The van der Waals surface area contributed by atoms with E-state index in [9.17, 15) is 33.5 Å². The van der Waals surface area contributed by atoms with Crippen LogP contribution in [0.3, 0.4) is 0 Å². The molecule has 0 bridgehead atoms. The van der Waals surface area contributed by atoms with Gasteiger partial charge >= 0.3 is 21.2 Å². The Labute approximate surface area is 140 Å². The third-order valence-electron chi connectivity index (χ3n) is 3.29. The van der Waals surface area contributed by atoms with Crippen molar-refractivity contribution in [2.24, 2.45) is 5.73 Å². The quantitative estimate of drug-likeness (QED) is 0.154. The summed E-state index contributed by atoms with van der Waals surface area (Å²) in [5, 5.41) is 8.69. The summed E-state index contributed by atoms with van der Waals surface area (Å²) in [5.41, 5.74) is 5.35. The number of hydrogen-bond donors (Lipinski definition) is 6. The zero-order valence-electron chi connectivity index (χ0n) is 13.0. The number of carbonyl (C=O) groups is 1. The maximum Gasteiger partial charge on any atom is 0.346 e. The van der Waals surface area contributed by atoms with Crippen LogP contribution in [0.15, 0.2) is 25.3 Å². The lowest BCUT2D eigenvalue weighted by Gasteiger charge is -2.35. The second-order valence-corrected chi connectivity index (χ2v) is 8.57. The number of carboxylic acids is 1. The molecule has 24 heavy (non-hydrogen) atoms. The lowest BCUT2D eigenvalue weighted by atomic mass is 10.1. The van der Waals surface area contributed by atoms with Crippen LogP contribution in [0.2, 0.25) is 0 Å². The molecule has 0 radical (unpaired) electrons. The van der Waals surface area contributed by atoms with Gasteiger partial charge in [-0.15, -0.1) is 13.2 Å². The van der Waals surface area contributed by atoms with E-state index in [0.29, 0.717) is 6.42 Å². The van der Waals surface area contributed by atoms with Crippen molar-refractivity contribution < 1.29 is 38.6 Å². The molecule has 0 aromatic carbocycles. The highest BCUT2D eigenvalue weighted by Crippen LogP contribution is 2.51. The lowest BCUT2D eigenvalue weighted by Crippen LogP contribution is -2.42. The summed E-state index contributed by atoms with van der Waals surface area (Å²) in [4.78, 5) is 49.1. The molecule has 0 aromatic heterocycles. The summed E-state index contributed by atoms with van der Waals surface area (Å²) in [7, 11) is -9.51. The number of carboxylic acid groups (broad SMARTS) is 1. The minimum Gasteiger partial charge on any atom is -0.480 e. The highest BCUT2D eigenvalue weighted by atomic mass is 31.2. The van der Waals surface area contributed by atoms with Gasteiger partial charge in [-0.25, -0.2) is 0 Å². The van der Waals surface area contributed by atoms with E-state index < -0.39 is 38.8 Å². The fourth-order valence-electron chi connectivity index (χ4n) is 2.13. The van der Waals surface area contributed by atoms with E-state index in [4.69, 9.17) is 10.8 Å². The monoisotopic (exact) mass is 386 g/mol. The number of aliphatic carboxylic acids is 1. The molecule has 0 heterocycles. The molecule has 0 spiro atoms. The Morgan fingerprint density at radius 2 is 1.46 bits per heavy atom. The first-order chi connectivity index (χ1) is 10.9. The average molecular weight is 386 g/mol. The summed E-state index contributed by atoms with van der Waals surface area (Å²) in [6.07, 6.45) is 2.45. The Balaban J connectivity index is 5.24. The van der Waals surface area contributed by atoms with E-state index in [2.05, 4.69) is 13.2 Å². The average Bonchev–Trinajstić information content (AvgIpc) is 2.40. The Hall–Kier alpha value is -0.830. The van der Waals surface area contributed by atoms with Gasteiger partial charge in [-0.2, -0.15) is 0 Å². The van der Waals surface area contributed by atoms with Crippen LogP contribution in [-0.4, -0.2) is 59.7 Å². The Kier molecular flexibility index (Phi) is 9.27. The van der Waals surface area contributed by atoms with E-state index in [-0.39, 0.29) is 19.4 Å². The van der Waals surface area contributed by atoms with Gasteiger partial charge in [0, 0.05) is 6.54 Å². The van der Waals surface area contributed by atoms with Gasteiger partial charge in [0.15, 0.2) is 0 Å². The molecule has 7 N–H and O–H groups in total. The van der Waals surface area contributed by atoms with Crippen LogP contribution in [0.4, 0.5) is 0 Å². The van der Waals surface area contributed by atoms with Crippen LogP contribution in [-0.2, 0) is 13.9 Å². The van der Waals surface area contributed by atoms with Crippen molar-refractivity contribution in [1.29, 1.82) is 0 Å². The van der Waals surface area contributed by atoms with Crippen molar-refractivity contribution in [3.63, 3.8) is 0 Å². The van der Waals surface area contributed by atoms with Crippen LogP contribution in [0.25, 0.3) is 0 Å². The van der Waals surface area contributed by atoms with E-state index in [1.165, 1.54) is 0 Å². The van der Waals surface area contributed by atoms with E-state index in [0.717, 1.165) is 17.1 Å². The summed E-state index contributed by atoms with van der Waals surface area (Å²) in [5.74, 6) is -4.40. The maximum absolute atomic E-state index is 11.6. The molecule has 0 aliphatic carbocycles. The van der Waals surface area contributed by atoms with Gasteiger partial charge in [-0.1, -0.05) is 18.6 Å². The first-order valence-corrected chi connectivity index (χ1v) is 10.3. The van der Waals surface area contributed by atoms with Crippen LogP contribution in [0.1, 0.15) is 19.3 Å². The third-order valence-corrected chi connectivity index (χ3v) is 5.68. The number of hydrogen-bond acceptors (Lipinski definition) is 5. The minimum atomic E-state index is -4.75. The number of nitrogens with two attached hydrogens (primary N) is 1. The zero-order chi connectivity index (χ0) is 19.1. The van der Waals surface area contributed by atoms with Crippen LogP contribution in [0.5, 0.6) is 0 Å². The maximum atomic E-state index is 11.6. The molecule has 0 aromatic rings. The van der Waals surface area contributed by atoms with Gasteiger partial charge in [0.1, 0.15) is 17.6 Å². The molecule has 0 amide bonds. The lowest BCUT2D eigenvalue weighted by molar-refractivity contribution is -0.138. The Morgan fingerprint density at radius 1 is 1.04 bits per heavy atom. The molecular weight excluding hydrogens is 362 g/mol. The van der Waals surface area contributed by atoms with Gasteiger partial charge in [-0.05, 0) is 12.8 Å². The minimum absolute atomic E-state index is 0.115.